The number of hydrogen-bond acceptors (Lipinski definition) is 1. The van der Waals surface area contributed by atoms with Crippen LogP contribution in [0.3, 0.4) is 0 Å². The van der Waals surface area contributed by atoms with Crippen molar-refractivity contribution in [1.29, 1.82) is 0 Å². The van der Waals surface area contributed by atoms with E-state index in [0.29, 0.717) is 10.6 Å². The van der Waals surface area contributed by atoms with Gasteiger partial charge in [-0.1, -0.05) is 23.7 Å². The number of benzene rings is 2. The van der Waals surface area contributed by atoms with Gasteiger partial charge in [-0.15, -0.1) is 0 Å². The molecule has 2 N–H and O–H groups in total. The molecule has 1 amide bonds. The zero-order valence-corrected chi connectivity index (χ0v) is 10.7. The summed E-state index contributed by atoms with van der Waals surface area (Å²) in [7, 11) is 0. The summed E-state index contributed by atoms with van der Waals surface area (Å²) in [4.78, 5) is 15.3. The first-order valence-corrected chi connectivity index (χ1v) is 6.25. The number of nitrogens with one attached hydrogen (secondary N) is 2. The molecule has 3 rings (SSSR count). The van der Waals surface area contributed by atoms with Crippen molar-refractivity contribution in [2.75, 3.05) is 5.32 Å². The van der Waals surface area contributed by atoms with Crippen molar-refractivity contribution in [2.24, 2.45) is 0 Å². The summed E-state index contributed by atoms with van der Waals surface area (Å²) in [5.74, 6) is -0.170. The fraction of sp³-hybridized carbons (Fsp3) is 0. The molecule has 0 saturated heterocycles. The van der Waals surface area contributed by atoms with Gasteiger partial charge in [0, 0.05) is 27.7 Å². The van der Waals surface area contributed by atoms with Gasteiger partial charge >= 0.3 is 0 Å². The highest BCUT2D eigenvalue weighted by atomic mass is 35.5. The molecule has 0 spiro atoms. The van der Waals surface area contributed by atoms with Crippen LogP contribution in [0.4, 0.5) is 5.69 Å². The Morgan fingerprint density at radius 3 is 2.79 bits per heavy atom. The molecule has 0 aliphatic rings. The summed E-state index contributed by atoms with van der Waals surface area (Å²) >= 11 is 5.88. The molecule has 0 saturated carbocycles. The zero-order valence-electron chi connectivity index (χ0n) is 9.98. The lowest BCUT2D eigenvalue weighted by molar-refractivity contribution is 0.102. The van der Waals surface area contributed by atoms with E-state index in [1.807, 2.05) is 30.5 Å². The van der Waals surface area contributed by atoms with Crippen LogP contribution in [0.15, 0.2) is 54.7 Å². The fourth-order valence-corrected chi connectivity index (χ4v) is 2.21. The molecule has 3 aromatic rings. The van der Waals surface area contributed by atoms with Gasteiger partial charge in [-0.2, -0.15) is 0 Å². The normalized spacial score (nSPS) is 10.6. The van der Waals surface area contributed by atoms with E-state index in [9.17, 15) is 4.79 Å². The van der Waals surface area contributed by atoms with Crippen LogP contribution in [0.25, 0.3) is 10.9 Å². The second-order valence-corrected chi connectivity index (χ2v) is 4.65. The molecular weight excluding hydrogens is 260 g/mol. The first-order chi connectivity index (χ1) is 9.24. The molecule has 0 aliphatic carbocycles. The van der Waals surface area contributed by atoms with Crippen molar-refractivity contribution >= 4 is 34.1 Å². The number of anilines is 1. The van der Waals surface area contributed by atoms with E-state index in [-0.39, 0.29) is 5.91 Å². The maximum atomic E-state index is 12.2. The second kappa shape index (κ2) is 4.78. The van der Waals surface area contributed by atoms with E-state index >= 15 is 0 Å². The molecule has 19 heavy (non-hydrogen) atoms. The first kappa shape index (κ1) is 11.8. The van der Waals surface area contributed by atoms with Gasteiger partial charge in [0.1, 0.15) is 0 Å². The van der Waals surface area contributed by atoms with Crippen LogP contribution < -0.4 is 5.32 Å². The lowest BCUT2D eigenvalue weighted by Crippen LogP contribution is -2.11. The average molecular weight is 271 g/mol. The average Bonchev–Trinajstić information content (AvgIpc) is 2.88. The Morgan fingerprint density at radius 2 is 1.95 bits per heavy atom. The molecule has 0 atom stereocenters. The van der Waals surface area contributed by atoms with Crippen LogP contribution in [0, 0.1) is 0 Å². The first-order valence-electron chi connectivity index (χ1n) is 5.87. The molecule has 0 aliphatic heterocycles. The number of rotatable bonds is 2. The SMILES string of the molecule is O=C(Nc1cccc2[nH]ccc12)c1cccc(Cl)c1. The van der Waals surface area contributed by atoms with E-state index in [1.54, 1.807) is 24.3 Å². The van der Waals surface area contributed by atoms with Gasteiger partial charge in [-0.3, -0.25) is 4.79 Å². The summed E-state index contributed by atoms with van der Waals surface area (Å²) in [6, 6.07) is 14.5. The predicted octanol–water partition coefficient (Wildman–Crippen LogP) is 4.07. The Kier molecular flexibility index (Phi) is 2.97. The summed E-state index contributed by atoms with van der Waals surface area (Å²) in [6.45, 7) is 0. The van der Waals surface area contributed by atoms with E-state index in [4.69, 9.17) is 11.6 Å². The molecular formula is C15H11ClN2O. The Bertz CT molecular complexity index is 748. The number of carbonyl (C=O) groups excluding carboxylic acids is 1. The molecule has 0 bridgehead atoms. The number of aromatic amines is 1. The van der Waals surface area contributed by atoms with Crippen molar-refractivity contribution in [2.45, 2.75) is 0 Å². The van der Waals surface area contributed by atoms with Crippen LogP contribution in [-0.4, -0.2) is 10.9 Å². The highest BCUT2D eigenvalue weighted by Gasteiger charge is 2.08. The van der Waals surface area contributed by atoms with Crippen molar-refractivity contribution in [3.8, 4) is 0 Å². The van der Waals surface area contributed by atoms with E-state index < -0.39 is 0 Å². The molecule has 1 aromatic heterocycles. The second-order valence-electron chi connectivity index (χ2n) is 4.21. The lowest BCUT2D eigenvalue weighted by atomic mass is 10.2. The van der Waals surface area contributed by atoms with Gasteiger partial charge in [-0.25, -0.2) is 0 Å². The maximum absolute atomic E-state index is 12.2. The van der Waals surface area contributed by atoms with Crippen LogP contribution in [-0.2, 0) is 0 Å². The third-order valence-electron chi connectivity index (χ3n) is 2.93. The molecule has 0 fully saturated rings. The fourth-order valence-electron chi connectivity index (χ4n) is 2.02. The summed E-state index contributed by atoms with van der Waals surface area (Å²) in [6.07, 6.45) is 1.85. The number of halogens is 1. The predicted molar refractivity (Wildman–Crippen MR) is 77.7 cm³/mol. The largest absolute Gasteiger partial charge is 0.361 e. The third-order valence-corrected chi connectivity index (χ3v) is 3.17. The minimum Gasteiger partial charge on any atom is -0.361 e. The molecule has 0 radical (unpaired) electrons. The molecule has 0 unspecified atom stereocenters. The van der Waals surface area contributed by atoms with Gasteiger partial charge in [-0.05, 0) is 36.4 Å². The number of aromatic nitrogens is 1. The maximum Gasteiger partial charge on any atom is 0.255 e. The third kappa shape index (κ3) is 2.33. The van der Waals surface area contributed by atoms with Crippen LogP contribution in [0.1, 0.15) is 10.4 Å². The van der Waals surface area contributed by atoms with E-state index in [2.05, 4.69) is 10.3 Å². The number of hydrogen-bond donors (Lipinski definition) is 2. The van der Waals surface area contributed by atoms with Gasteiger partial charge in [0.15, 0.2) is 0 Å². The highest BCUT2D eigenvalue weighted by molar-refractivity contribution is 6.31. The number of fused-ring (bicyclic) bond motifs is 1. The van der Waals surface area contributed by atoms with Gasteiger partial charge in [0.05, 0.1) is 5.69 Å². The minimum absolute atomic E-state index is 0.170. The van der Waals surface area contributed by atoms with E-state index in [1.165, 1.54) is 0 Å². The zero-order chi connectivity index (χ0) is 13.2. The van der Waals surface area contributed by atoms with Gasteiger partial charge < -0.3 is 10.3 Å². The molecule has 94 valence electrons. The van der Waals surface area contributed by atoms with Crippen molar-refractivity contribution in [3.63, 3.8) is 0 Å². The molecule has 4 heteroatoms. The summed E-state index contributed by atoms with van der Waals surface area (Å²) in [5.41, 5.74) is 2.31. The summed E-state index contributed by atoms with van der Waals surface area (Å²) in [5, 5.41) is 4.43. The quantitative estimate of drug-likeness (QED) is 0.724. The van der Waals surface area contributed by atoms with Gasteiger partial charge in [0.25, 0.3) is 5.91 Å². The smallest absolute Gasteiger partial charge is 0.255 e. The number of carbonyl (C=O) groups is 1. The van der Waals surface area contributed by atoms with Crippen molar-refractivity contribution < 1.29 is 4.79 Å². The molecule has 1 heterocycles. The number of H-pyrrole nitrogens is 1. The van der Waals surface area contributed by atoms with Crippen molar-refractivity contribution in [1.82, 2.24) is 4.98 Å². The molecule has 3 nitrogen and oxygen atoms in total. The van der Waals surface area contributed by atoms with Gasteiger partial charge in [0.2, 0.25) is 0 Å². The number of amides is 1. The monoisotopic (exact) mass is 270 g/mol. The summed E-state index contributed by atoms with van der Waals surface area (Å²) < 4.78 is 0. The van der Waals surface area contributed by atoms with Crippen LogP contribution >= 0.6 is 11.6 Å². The molecule has 2 aromatic carbocycles. The Balaban J connectivity index is 1.93. The van der Waals surface area contributed by atoms with Crippen LogP contribution in [0.2, 0.25) is 5.02 Å². The minimum atomic E-state index is -0.170. The standard InChI is InChI=1S/C15H11ClN2O/c16-11-4-1-3-10(9-11)15(19)18-14-6-2-5-13-12(14)7-8-17-13/h1-9,17H,(H,18,19). The lowest BCUT2D eigenvalue weighted by Gasteiger charge is -2.06. The topological polar surface area (TPSA) is 44.9 Å². The Hall–Kier alpha value is -2.26. The Labute approximate surface area is 115 Å². The van der Waals surface area contributed by atoms with E-state index in [0.717, 1.165) is 16.6 Å². The van der Waals surface area contributed by atoms with Crippen LogP contribution in [0.5, 0.6) is 0 Å². The Morgan fingerprint density at radius 1 is 1.11 bits per heavy atom. The van der Waals surface area contributed by atoms with Crippen molar-refractivity contribution in [3.05, 3.63) is 65.3 Å². The highest BCUT2D eigenvalue weighted by Crippen LogP contribution is 2.23.